The Morgan fingerprint density at radius 2 is 1.78 bits per heavy atom. The molecule has 0 aliphatic carbocycles. The fraction of sp³-hybridized carbons (Fsp3) is 0.524. The highest BCUT2D eigenvalue weighted by Gasteiger charge is 2.32. The molecular formula is C21H28O2. The predicted octanol–water partition coefficient (Wildman–Crippen LogP) is 5.22. The van der Waals surface area contributed by atoms with E-state index in [1.807, 2.05) is 37.3 Å². The van der Waals surface area contributed by atoms with Gasteiger partial charge >= 0.3 is 0 Å². The van der Waals surface area contributed by atoms with Crippen molar-refractivity contribution in [3.05, 3.63) is 35.9 Å². The summed E-state index contributed by atoms with van der Waals surface area (Å²) in [6, 6.07) is 9.24. The summed E-state index contributed by atoms with van der Waals surface area (Å²) in [5, 5.41) is 0. The number of carbonyl (C=O) groups excluding carboxylic acids is 2. The number of ketones is 2. The number of carbonyl (C=O) groups is 2. The molecule has 0 N–H and O–H groups in total. The molecule has 0 spiro atoms. The Balaban J connectivity index is 2.83. The van der Waals surface area contributed by atoms with Gasteiger partial charge in [0.15, 0.2) is 5.78 Å². The van der Waals surface area contributed by atoms with E-state index in [0.717, 1.165) is 12.8 Å². The van der Waals surface area contributed by atoms with E-state index in [9.17, 15) is 9.59 Å². The van der Waals surface area contributed by atoms with Crippen molar-refractivity contribution in [1.82, 2.24) is 0 Å². The summed E-state index contributed by atoms with van der Waals surface area (Å²) < 4.78 is 0. The second kappa shape index (κ2) is 10.0. The van der Waals surface area contributed by atoms with Gasteiger partial charge in [-0.05, 0) is 26.7 Å². The summed E-state index contributed by atoms with van der Waals surface area (Å²) in [5.41, 5.74) is -0.114. The van der Waals surface area contributed by atoms with Crippen LogP contribution in [0.3, 0.4) is 0 Å². The average Bonchev–Trinajstić information content (AvgIpc) is 2.56. The van der Waals surface area contributed by atoms with Crippen molar-refractivity contribution < 1.29 is 9.59 Å². The van der Waals surface area contributed by atoms with Crippen molar-refractivity contribution in [2.24, 2.45) is 5.41 Å². The Hall–Kier alpha value is -1.88. The van der Waals surface area contributed by atoms with Crippen molar-refractivity contribution in [2.45, 2.75) is 65.7 Å². The van der Waals surface area contributed by atoms with Crippen LogP contribution in [0.5, 0.6) is 0 Å². The van der Waals surface area contributed by atoms with Crippen LogP contribution in [0.2, 0.25) is 0 Å². The molecule has 0 saturated carbocycles. The molecule has 0 aromatic heterocycles. The van der Waals surface area contributed by atoms with Crippen LogP contribution in [-0.4, -0.2) is 11.6 Å². The number of Topliss-reactive ketones (excluding diaryl/α,β-unsaturated/α-hetero) is 2. The van der Waals surface area contributed by atoms with E-state index in [-0.39, 0.29) is 11.6 Å². The smallest absolute Gasteiger partial charge is 0.180 e. The van der Waals surface area contributed by atoms with Gasteiger partial charge in [-0.1, -0.05) is 62.4 Å². The number of hydrogen-bond donors (Lipinski definition) is 0. The Morgan fingerprint density at radius 3 is 2.39 bits per heavy atom. The predicted molar refractivity (Wildman–Crippen MR) is 95.3 cm³/mol. The van der Waals surface area contributed by atoms with Crippen molar-refractivity contribution >= 4 is 11.6 Å². The van der Waals surface area contributed by atoms with Gasteiger partial charge in [-0.3, -0.25) is 4.79 Å². The molecule has 0 amide bonds. The van der Waals surface area contributed by atoms with Gasteiger partial charge in [0.2, 0.25) is 0 Å². The lowest BCUT2D eigenvalue weighted by Crippen LogP contribution is -2.27. The van der Waals surface area contributed by atoms with Crippen molar-refractivity contribution in [3.8, 4) is 11.8 Å². The third-order valence-corrected chi connectivity index (χ3v) is 4.03. The fourth-order valence-corrected chi connectivity index (χ4v) is 2.46. The van der Waals surface area contributed by atoms with Crippen LogP contribution in [0.15, 0.2) is 30.3 Å². The Morgan fingerprint density at radius 1 is 1.09 bits per heavy atom. The van der Waals surface area contributed by atoms with Gasteiger partial charge in [-0.2, -0.15) is 0 Å². The minimum atomic E-state index is -0.780. The normalized spacial score (nSPS) is 12.8. The Kier molecular flexibility index (Phi) is 8.33. The lowest BCUT2D eigenvalue weighted by Gasteiger charge is -2.22. The molecule has 1 aromatic rings. The number of rotatable bonds is 9. The maximum atomic E-state index is 12.8. The van der Waals surface area contributed by atoms with E-state index in [2.05, 4.69) is 18.8 Å². The summed E-state index contributed by atoms with van der Waals surface area (Å²) in [4.78, 5) is 24.2. The Labute approximate surface area is 140 Å². The molecule has 1 atom stereocenters. The van der Waals surface area contributed by atoms with E-state index in [1.165, 1.54) is 19.3 Å². The second-order valence-corrected chi connectivity index (χ2v) is 6.34. The van der Waals surface area contributed by atoms with Crippen LogP contribution in [0.4, 0.5) is 0 Å². The minimum absolute atomic E-state index is 0.0143. The lowest BCUT2D eigenvalue weighted by atomic mass is 9.78. The second-order valence-electron chi connectivity index (χ2n) is 6.34. The summed E-state index contributed by atoms with van der Waals surface area (Å²) in [7, 11) is 0. The molecule has 0 bridgehead atoms. The van der Waals surface area contributed by atoms with Gasteiger partial charge in [0, 0.05) is 18.4 Å². The van der Waals surface area contributed by atoms with Crippen molar-refractivity contribution in [1.29, 1.82) is 0 Å². The van der Waals surface area contributed by atoms with Crippen LogP contribution in [-0.2, 0) is 4.79 Å². The lowest BCUT2D eigenvalue weighted by molar-refractivity contribution is -0.117. The molecule has 0 saturated heterocycles. The zero-order valence-electron chi connectivity index (χ0n) is 14.7. The first kappa shape index (κ1) is 19.2. The largest absolute Gasteiger partial charge is 0.300 e. The third-order valence-electron chi connectivity index (χ3n) is 4.03. The Bertz CT molecular complexity index is 562. The van der Waals surface area contributed by atoms with Gasteiger partial charge in [0.1, 0.15) is 5.78 Å². The number of hydrogen-bond acceptors (Lipinski definition) is 2. The van der Waals surface area contributed by atoms with E-state index in [1.54, 1.807) is 6.92 Å². The maximum Gasteiger partial charge on any atom is 0.180 e. The van der Waals surface area contributed by atoms with Crippen LogP contribution in [0.1, 0.15) is 76.1 Å². The zero-order valence-corrected chi connectivity index (χ0v) is 14.7. The number of unbranched alkanes of at least 4 members (excludes halogenated alkanes) is 4. The molecule has 1 rings (SSSR count). The maximum absolute atomic E-state index is 12.8. The van der Waals surface area contributed by atoms with Gasteiger partial charge in [0.05, 0.1) is 5.41 Å². The molecule has 0 heterocycles. The van der Waals surface area contributed by atoms with Gasteiger partial charge in [-0.15, -0.1) is 5.92 Å². The third kappa shape index (κ3) is 6.82. The van der Waals surface area contributed by atoms with Crippen LogP contribution >= 0.6 is 0 Å². The first-order valence-electron chi connectivity index (χ1n) is 8.59. The fourth-order valence-electron chi connectivity index (χ4n) is 2.46. The highest BCUT2D eigenvalue weighted by atomic mass is 16.1. The molecule has 2 nitrogen and oxygen atoms in total. The summed E-state index contributed by atoms with van der Waals surface area (Å²) >= 11 is 0. The molecule has 0 radical (unpaired) electrons. The van der Waals surface area contributed by atoms with Crippen molar-refractivity contribution in [3.63, 3.8) is 0 Å². The van der Waals surface area contributed by atoms with Crippen molar-refractivity contribution in [2.75, 3.05) is 0 Å². The molecule has 0 fully saturated rings. The highest BCUT2D eigenvalue weighted by molar-refractivity contribution is 6.02. The SMILES string of the molecule is CCCCCCC#CC(C)(CCC(C)=O)C(=O)c1ccccc1. The monoisotopic (exact) mass is 312 g/mol. The van der Waals surface area contributed by atoms with Gasteiger partial charge < -0.3 is 4.79 Å². The molecule has 0 aliphatic rings. The molecule has 0 aliphatic heterocycles. The van der Waals surface area contributed by atoms with Gasteiger partial charge in [-0.25, -0.2) is 0 Å². The van der Waals surface area contributed by atoms with E-state index in [4.69, 9.17) is 0 Å². The van der Waals surface area contributed by atoms with Crippen LogP contribution < -0.4 is 0 Å². The molecule has 124 valence electrons. The summed E-state index contributed by atoms with van der Waals surface area (Å²) in [6.07, 6.45) is 6.38. The first-order valence-corrected chi connectivity index (χ1v) is 8.59. The minimum Gasteiger partial charge on any atom is -0.300 e. The van der Waals surface area contributed by atoms with E-state index >= 15 is 0 Å². The topological polar surface area (TPSA) is 34.1 Å². The standard InChI is InChI=1S/C21H28O2/c1-4-5-6-7-8-12-16-21(3,17-15-18(2)22)20(23)19-13-10-9-11-14-19/h9-11,13-14H,4-8,15,17H2,1-3H3. The summed E-state index contributed by atoms with van der Waals surface area (Å²) in [5.74, 6) is 6.47. The first-order chi connectivity index (χ1) is 11.0. The quantitative estimate of drug-likeness (QED) is 0.356. The number of benzene rings is 1. The highest BCUT2D eigenvalue weighted by Crippen LogP contribution is 2.28. The molecule has 23 heavy (non-hydrogen) atoms. The summed E-state index contributed by atoms with van der Waals surface area (Å²) in [6.45, 7) is 5.61. The van der Waals surface area contributed by atoms with Crippen LogP contribution in [0.25, 0.3) is 0 Å². The molecule has 2 heteroatoms. The average molecular weight is 312 g/mol. The molecular weight excluding hydrogens is 284 g/mol. The van der Waals surface area contributed by atoms with Crippen LogP contribution in [0, 0.1) is 17.3 Å². The molecule has 1 aromatic carbocycles. The zero-order chi connectivity index (χ0) is 17.1. The molecule has 1 unspecified atom stereocenters. The van der Waals surface area contributed by atoms with E-state index < -0.39 is 5.41 Å². The van der Waals surface area contributed by atoms with Gasteiger partial charge in [0.25, 0.3) is 0 Å². The van der Waals surface area contributed by atoms with E-state index in [0.29, 0.717) is 18.4 Å².